The van der Waals surface area contributed by atoms with Crippen LogP contribution in [0.1, 0.15) is 25.3 Å². The number of H-pyrrole nitrogens is 1. The Hall–Kier alpha value is -3.21. The van der Waals surface area contributed by atoms with Crippen LogP contribution in [-0.2, 0) is 19.0 Å². The van der Waals surface area contributed by atoms with E-state index in [1.54, 1.807) is 27.4 Å². The standard InChI is InChI=1S/C23H25NO4/c1-5-15(12-17-14-24-19-9-7-6-8-18(17)19)22(25)16-10-11-20(26-2)23(28-4)21(13-16)27-3/h6-10,12-14,24H,5,11H2,1-4H3/b15-12+. The highest BCUT2D eigenvalue weighted by atomic mass is 16.5. The fraction of sp³-hybridized carbons (Fsp3) is 0.261. The second kappa shape index (κ2) is 8.65. The molecule has 2 aromatic rings. The minimum atomic E-state index is -0.0323. The molecule has 1 aliphatic rings. The topological polar surface area (TPSA) is 60.6 Å². The second-order valence-corrected chi connectivity index (χ2v) is 6.38. The smallest absolute Gasteiger partial charge is 0.199 e. The molecule has 0 bridgehead atoms. The lowest BCUT2D eigenvalue weighted by Gasteiger charge is -2.12. The highest BCUT2D eigenvalue weighted by Gasteiger charge is 2.22. The summed E-state index contributed by atoms with van der Waals surface area (Å²) in [4.78, 5) is 16.5. The maximum atomic E-state index is 13.2. The molecule has 5 nitrogen and oxygen atoms in total. The third-order valence-corrected chi connectivity index (χ3v) is 4.83. The van der Waals surface area contributed by atoms with Crippen LogP contribution in [0.2, 0.25) is 0 Å². The van der Waals surface area contributed by atoms with Gasteiger partial charge in [-0.3, -0.25) is 4.79 Å². The number of nitrogens with one attached hydrogen (secondary N) is 1. The number of carbonyl (C=O) groups excluding carboxylic acids is 1. The molecule has 28 heavy (non-hydrogen) atoms. The number of fused-ring (bicyclic) bond motifs is 1. The Bertz CT molecular complexity index is 1000. The quantitative estimate of drug-likeness (QED) is 0.696. The Morgan fingerprint density at radius 2 is 1.93 bits per heavy atom. The van der Waals surface area contributed by atoms with Crippen LogP contribution in [-0.4, -0.2) is 32.1 Å². The SMILES string of the molecule is CC/C(=C\c1c[nH]c2ccccc12)C(=O)C1=CCC(OC)=C(OC)C(OC)=C1. The third kappa shape index (κ3) is 3.74. The highest BCUT2D eigenvalue weighted by Crippen LogP contribution is 2.28. The predicted molar refractivity (Wildman–Crippen MR) is 110 cm³/mol. The molecule has 1 N–H and O–H groups in total. The average Bonchev–Trinajstić information content (AvgIpc) is 3.04. The van der Waals surface area contributed by atoms with Crippen molar-refractivity contribution in [2.45, 2.75) is 19.8 Å². The largest absolute Gasteiger partial charge is 0.497 e. The molecule has 0 unspecified atom stereocenters. The summed E-state index contributed by atoms with van der Waals surface area (Å²) < 4.78 is 16.3. The summed E-state index contributed by atoms with van der Waals surface area (Å²) in [5, 5.41) is 1.09. The first-order chi connectivity index (χ1) is 13.6. The van der Waals surface area contributed by atoms with Gasteiger partial charge in [-0.15, -0.1) is 0 Å². The number of ketones is 1. The van der Waals surface area contributed by atoms with Crippen LogP contribution in [0.4, 0.5) is 0 Å². The zero-order chi connectivity index (χ0) is 20.1. The van der Waals surface area contributed by atoms with Crippen molar-refractivity contribution < 1.29 is 19.0 Å². The Labute approximate surface area is 165 Å². The number of ether oxygens (including phenoxy) is 3. The van der Waals surface area contributed by atoms with Gasteiger partial charge in [0.15, 0.2) is 17.3 Å². The Kier molecular flexibility index (Phi) is 6.04. The first-order valence-electron chi connectivity index (χ1n) is 9.21. The van der Waals surface area contributed by atoms with Crippen LogP contribution in [0.25, 0.3) is 17.0 Å². The summed E-state index contributed by atoms with van der Waals surface area (Å²) in [7, 11) is 4.69. The van der Waals surface area contributed by atoms with Gasteiger partial charge >= 0.3 is 0 Å². The number of rotatable bonds is 7. The van der Waals surface area contributed by atoms with Crippen LogP contribution in [0.15, 0.2) is 71.0 Å². The lowest BCUT2D eigenvalue weighted by molar-refractivity contribution is -0.112. The fourth-order valence-electron chi connectivity index (χ4n) is 3.31. The number of aromatic amines is 1. The molecular weight excluding hydrogens is 354 g/mol. The van der Waals surface area contributed by atoms with E-state index in [4.69, 9.17) is 14.2 Å². The number of aromatic nitrogens is 1. The molecule has 0 radical (unpaired) electrons. The maximum absolute atomic E-state index is 13.2. The first-order valence-corrected chi connectivity index (χ1v) is 9.21. The van der Waals surface area contributed by atoms with Crippen LogP contribution < -0.4 is 0 Å². The minimum Gasteiger partial charge on any atom is -0.497 e. The maximum Gasteiger partial charge on any atom is 0.199 e. The Morgan fingerprint density at radius 3 is 2.61 bits per heavy atom. The highest BCUT2D eigenvalue weighted by molar-refractivity contribution is 6.13. The number of Topliss-reactive ketones (excluding diaryl/α,β-unsaturated/α-hetero) is 1. The number of hydrogen-bond acceptors (Lipinski definition) is 4. The zero-order valence-electron chi connectivity index (χ0n) is 16.7. The summed E-state index contributed by atoms with van der Waals surface area (Å²) in [6.45, 7) is 1.98. The van der Waals surface area contributed by atoms with Gasteiger partial charge in [-0.2, -0.15) is 0 Å². The van der Waals surface area contributed by atoms with Gasteiger partial charge in [0.05, 0.1) is 21.3 Å². The van der Waals surface area contributed by atoms with E-state index < -0.39 is 0 Å². The Balaban J connectivity index is 1.98. The molecule has 0 amide bonds. The first kappa shape index (κ1) is 19.5. The van der Waals surface area contributed by atoms with Crippen molar-refractivity contribution in [2.24, 2.45) is 0 Å². The van der Waals surface area contributed by atoms with Crippen molar-refractivity contribution in [1.82, 2.24) is 4.98 Å². The van der Waals surface area contributed by atoms with Gasteiger partial charge in [0.25, 0.3) is 0 Å². The van der Waals surface area contributed by atoms with E-state index in [0.717, 1.165) is 22.0 Å². The molecule has 5 heteroatoms. The van der Waals surface area contributed by atoms with Gasteiger partial charge in [0.2, 0.25) is 0 Å². The van der Waals surface area contributed by atoms with Gasteiger partial charge < -0.3 is 19.2 Å². The van der Waals surface area contributed by atoms with E-state index in [-0.39, 0.29) is 5.78 Å². The van der Waals surface area contributed by atoms with Gasteiger partial charge in [0.1, 0.15) is 5.76 Å². The molecule has 1 aromatic heterocycles. The molecule has 1 aliphatic carbocycles. The van der Waals surface area contributed by atoms with Crippen molar-refractivity contribution in [2.75, 3.05) is 21.3 Å². The van der Waals surface area contributed by atoms with Gasteiger partial charge in [-0.1, -0.05) is 31.2 Å². The summed E-state index contributed by atoms with van der Waals surface area (Å²) in [5.41, 5.74) is 3.33. The van der Waals surface area contributed by atoms with Crippen LogP contribution in [0, 0.1) is 0 Å². The number of carbonyl (C=O) groups is 1. The minimum absolute atomic E-state index is 0.0323. The summed E-state index contributed by atoms with van der Waals surface area (Å²) in [5.74, 6) is 1.56. The van der Waals surface area contributed by atoms with Crippen molar-refractivity contribution in [3.05, 3.63) is 76.6 Å². The number of allylic oxidation sites excluding steroid dienone is 4. The van der Waals surface area contributed by atoms with Crippen LogP contribution in [0.5, 0.6) is 0 Å². The summed E-state index contributed by atoms with van der Waals surface area (Å²) in [6, 6.07) is 8.04. The number of para-hydroxylation sites is 1. The molecule has 0 saturated heterocycles. The number of hydrogen-bond donors (Lipinski definition) is 1. The fourth-order valence-corrected chi connectivity index (χ4v) is 3.31. The second-order valence-electron chi connectivity index (χ2n) is 6.38. The van der Waals surface area contributed by atoms with E-state index in [1.165, 1.54) is 0 Å². The van der Waals surface area contributed by atoms with Crippen molar-refractivity contribution in [3.63, 3.8) is 0 Å². The Morgan fingerprint density at radius 1 is 1.14 bits per heavy atom. The third-order valence-electron chi connectivity index (χ3n) is 4.83. The van der Waals surface area contributed by atoms with Gasteiger partial charge in [0, 0.05) is 40.2 Å². The molecule has 3 rings (SSSR count). The van der Waals surface area contributed by atoms with Crippen LogP contribution in [0.3, 0.4) is 0 Å². The van der Waals surface area contributed by atoms with Crippen LogP contribution >= 0.6 is 0 Å². The lowest BCUT2D eigenvalue weighted by atomic mass is 9.98. The molecule has 1 heterocycles. The van der Waals surface area contributed by atoms with Gasteiger partial charge in [-0.05, 0) is 24.6 Å². The van der Waals surface area contributed by atoms with Crippen molar-refractivity contribution in [3.8, 4) is 0 Å². The normalized spacial score (nSPS) is 15.1. The zero-order valence-corrected chi connectivity index (χ0v) is 16.7. The molecule has 0 fully saturated rings. The van der Waals surface area contributed by atoms with E-state index in [2.05, 4.69) is 4.98 Å². The molecule has 0 atom stereocenters. The molecule has 0 saturated carbocycles. The van der Waals surface area contributed by atoms with E-state index >= 15 is 0 Å². The molecule has 0 spiro atoms. The predicted octanol–water partition coefficient (Wildman–Crippen LogP) is 4.90. The molecule has 146 valence electrons. The lowest BCUT2D eigenvalue weighted by Crippen LogP contribution is -2.06. The summed E-state index contributed by atoms with van der Waals surface area (Å²) >= 11 is 0. The molecule has 1 aromatic carbocycles. The average molecular weight is 379 g/mol. The summed E-state index contributed by atoms with van der Waals surface area (Å²) in [6.07, 6.45) is 8.52. The number of methoxy groups -OCH3 is 3. The van der Waals surface area contributed by atoms with E-state index in [1.807, 2.05) is 49.5 Å². The van der Waals surface area contributed by atoms with Gasteiger partial charge in [-0.25, -0.2) is 0 Å². The number of benzene rings is 1. The van der Waals surface area contributed by atoms with E-state index in [0.29, 0.717) is 35.7 Å². The van der Waals surface area contributed by atoms with Crippen molar-refractivity contribution in [1.29, 1.82) is 0 Å². The molecule has 0 aliphatic heterocycles. The van der Waals surface area contributed by atoms with Crippen molar-refractivity contribution >= 4 is 22.8 Å². The van der Waals surface area contributed by atoms with E-state index in [9.17, 15) is 4.79 Å². The monoisotopic (exact) mass is 379 g/mol. The molecular formula is C23H25NO4.